The summed E-state index contributed by atoms with van der Waals surface area (Å²) < 4.78 is 32.1. The lowest BCUT2D eigenvalue weighted by atomic mass is 10.1. The highest BCUT2D eigenvalue weighted by atomic mass is 32.1. The Morgan fingerprint density at radius 3 is 2.50 bits per heavy atom. The molecule has 0 spiro atoms. The number of nitrogens with zero attached hydrogens (tertiary/aromatic N) is 3. The number of methoxy groups -OCH3 is 1. The number of ketones is 1. The van der Waals surface area contributed by atoms with E-state index in [0.717, 1.165) is 23.5 Å². The van der Waals surface area contributed by atoms with Crippen LogP contribution in [-0.4, -0.2) is 34.8 Å². The monoisotopic (exact) mass is 433 g/mol. The van der Waals surface area contributed by atoms with Crippen molar-refractivity contribution >= 4 is 39.7 Å². The van der Waals surface area contributed by atoms with Gasteiger partial charge in [0.1, 0.15) is 16.7 Å². The maximum atomic E-state index is 13.8. The molecule has 0 saturated heterocycles. The fraction of sp³-hybridized carbons (Fsp3) is 0.158. The van der Waals surface area contributed by atoms with Crippen molar-refractivity contribution in [3.05, 3.63) is 58.6 Å². The summed E-state index contributed by atoms with van der Waals surface area (Å²) in [4.78, 5) is 34.2. The molecule has 30 heavy (non-hydrogen) atoms. The van der Waals surface area contributed by atoms with E-state index in [1.807, 2.05) is 0 Å². The first-order valence-electron chi connectivity index (χ1n) is 8.57. The maximum absolute atomic E-state index is 13.8. The molecule has 1 amide bonds. The second-order valence-corrected chi connectivity index (χ2v) is 7.15. The number of anilines is 3. The summed E-state index contributed by atoms with van der Waals surface area (Å²) in [6.07, 6.45) is 1.33. The fourth-order valence-electron chi connectivity index (χ4n) is 2.61. The Morgan fingerprint density at radius 2 is 1.93 bits per heavy atom. The molecular formula is C19H17F2N5O3S. The van der Waals surface area contributed by atoms with E-state index in [2.05, 4.69) is 9.97 Å². The first kappa shape index (κ1) is 21.1. The minimum Gasteiger partial charge on any atom is -0.481 e. The van der Waals surface area contributed by atoms with Crippen molar-refractivity contribution < 1.29 is 23.1 Å². The lowest BCUT2D eigenvalue weighted by Crippen LogP contribution is -2.40. The van der Waals surface area contributed by atoms with Gasteiger partial charge in [0, 0.05) is 29.6 Å². The Labute approximate surface area is 174 Å². The van der Waals surface area contributed by atoms with Crippen LogP contribution in [0.4, 0.5) is 25.4 Å². The number of hydrogen-bond acceptors (Lipinski definition) is 8. The molecule has 11 heteroatoms. The molecule has 0 saturated carbocycles. The number of aromatic nitrogens is 2. The summed E-state index contributed by atoms with van der Waals surface area (Å²) in [6, 6.07) is 5.15. The summed E-state index contributed by atoms with van der Waals surface area (Å²) in [7, 11) is 1.45. The number of nitrogen functional groups attached to an aromatic ring is 1. The lowest BCUT2D eigenvalue weighted by molar-refractivity contribution is -0.118. The number of primary amides is 1. The van der Waals surface area contributed by atoms with E-state index in [9.17, 15) is 18.4 Å². The molecule has 0 aliphatic rings. The molecule has 1 aromatic carbocycles. The van der Waals surface area contributed by atoms with Crippen molar-refractivity contribution in [2.45, 2.75) is 13.0 Å². The van der Waals surface area contributed by atoms with Gasteiger partial charge in [-0.3, -0.25) is 9.59 Å². The van der Waals surface area contributed by atoms with Crippen molar-refractivity contribution in [1.29, 1.82) is 0 Å². The van der Waals surface area contributed by atoms with Crippen LogP contribution < -0.4 is 21.1 Å². The zero-order valence-electron chi connectivity index (χ0n) is 15.9. The van der Waals surface area contributed by atoms with Crippen molar-refractivity contribution in [2.24, 2.45) is 5.73 Å². The van der Waals surface area contributed by atoms with E-state index in [1.54, 1.807) is 0 Å². The highest BCUT2D eigenvalue weighted by Crippen LogP contribution is 2.36. The molecule has 156 valence electrons. The smallest absolute Gasteiger partial charge is 0.240 e. The largest absolute Gasteiger partial charge is 0.481 e. The maximum Gasteiger partial charge on any atom is 0.240 e. The number of halogens is 2. The summed E-state index contributed by atoms with van der Waals surface area (Å²) in [5.74, 6) is -3.08. The van der Waals surface area contributed by atoms with E-state index in [0.29, 0.717) is 5.88 Å². The summed E-state index contributed by atoms with van der Waals surface area (Å²) in [5, 5.41) is 0.120. The van der Waals surface area contributed by atoms with Crippen LogP contribution in [0.5, 0.6) is 5.88 Å². The van der Waals surface area contributed by atoms with Crippen molar-refractivity contribution in [2.75, 3.05) is 17.7 Å². The topological polar surface area (TPSA) is 124 Å². The third-order valence-electron chi connectivity index (χ3n) is 4.24. The Hall–Kier alpha value is -3.60. The second kappa shape index (κ2) is 8.41. The van der Waals surface area contributed by atoms with Gasteiger partial charge in [-0.1, -0.05) is 11.3 Å². The van der Waals surface area contributed by atoms with Gasteiger partial charge >= 0.3 is 0 Å². The van der Waals surface area contributed by atoms with Crippen LogP contribution in [0.2, 0.25) is 0 Å². The average molecular weight is 433 g/mol. The van der Waals surface area contributed by atoms with E-state index in [-0.39, 0.29) is 27.1 Å². The standard InChI is InChI=1S/C19H17F2N5O3S/c1-9(18(23)28)26(11-4-5-12(20)13(21)7-11)19-25-17(22)16(30-19)15(27)10-3-6-14(29-2)24-8-10/h3-9H,22H2,1-2H3,(H2,23,28)/t9-/m0/s1. The molecule has 4 N–H and O–H groups in total. The van der Waals surface area contributed by atoms with Gasteiger partial charge in [-0.25, -0.2) is 18.7 Å². The molecule has 3 aromatic rings. The fourth-order valence-corrected chi connectivity index (χ4v) is 3.66. The van der Waals surface area contributed by atoms with Crippen molar-refractivity contribution in [3.8, 4) is 5.88 Å². The van der Waals surface area contributed by atoms with E-state index in [4.69, 9.17) is 16.2 Å². The minimum atomic E-state index is -1.11. The van der Waals surface area contributed by atoms with Gasteiger partial charge < -0.3 is 21.1 Å². The van der Waals surface area contributed by atoms with Crippen LogP contribution in [0, 0.1) is 11.6 Å². The molecule has 2 heterocycles. The molecule has 1 atom stereocenters. The van der Waals surface area contributed by atoms with E-state index >= 15 is 0 Å². The predicted octanol–water partition coefficient (Wildman–Crippen LogP) is 2.65. The molecule has 0 aliphatic heterocycles. The summed E-state index contributed by atoms with van der Waals surface area (Å²) in [6.45, 7) is 1.47. The lowest BCUT2D eigenvalue weighted by Gasteiger charge is -2.26. The minimum absolute atomic E-state index is 0.0833. The number of thiazole rings is 1. The van der Waals surface area contributed by atoms with Crippen LogP contribution in [0.1, 0.15) is 22.2 Å². The molecule has 2 aromatic heterocycles. The van der Waals surface area contributed by atoms with Crippen LogP contribution in [0.15, 0.2) is 36.5 Å². The molecule has 0 unspecified atom stereocenters. The van der Waals surface area contributed by atoms with Gasteiger partial charge in [0.25, 0.3) is 0 Å². The Morgan fingerprint density at radius 1 is 1.20 bits per heavy atom. The Balaban J connectivity index is 2.04. The van der Waals surface area contributed by atoms with Gasteiger partial charge in [0.2, 0.25) is 17.6 Å². The molecular weight excluding hydrogens is 416 g/mol. The molecule has 0 bridgehead atoms. The SMILES string of the molecule is COc1ccc(C(=O)c2sc(N(c3ccc(F)c(F)c3)[C@@H](C)C(N)=O)nc2N)cn1. The zero-order valence-corrected chi connectivity index (χ0v) is 16.7. The third kappa shape index (κ3) is 4.06. The van der Waals surface area contributed by atoms with Gasteiger partial charge in [-0.2, -0.15) is 0 Å². The molecule has 3 rings (SSSR count). The number of benzene rings is 1. The Kier molecular flexibility index (Phi) is 5.92. The highest BCUT2D eigenvalue weighted by Gasteiger charge is 2.28. The van der Waals surface area contributed by atoms with E-state index in [1.165, 1.54) is 43.3 Å². The number of carbonyl (C=O) groups excluding carboxylic acids is 2. The summed E-state index contributed by atoms with van der Waals surface area (Å²) >= 11 is 0.888. The number of amides is 1. The average Bonchev–Trinajstić information content (AvgIpc) is 3.11. The highest BCUT2D eigenvalue weighted by molar-refractivity contribution is 7.18. The number of nitrogens with two attached hydrogens (primary N) is 2. The first-order valence-corrected chi connectivity index (χ1v) is 9.39. The number of ether oxygens (including phenoxy) is 1. The number of pyridine rings is 1. The molecule has 8 nitrogen and oxygen atoms in total. The molecule has 0 aliphatic carbocycles. The van der Waals surface area contributed by atoms with Crippen LogP contribution >= 0.6 is 11.3 Å². The number of hydrogen-bond donors (Lipinski definition) is 2. The third-order valence-corrected chi connectivity index (χ3v) is 5.31. The number of rotatable bonds is 7. The predicted molar refractivity (Wildman–Crippen MR) is 108 cm³/mol. The molecule has 0 fully saturated rings. The van der Waals surface area contributed by atoms with Crippen molar-refractivity contribution in [3.63, 3.8) is 0 Å². The normalized spacial score (nSPS) is 11.7. The van der Waals surface area contributed by atoms with Gasteiger partial charge in [0.15, 0.2) is 16.8 Å². The first-order chi connectivity index (χ1) is 14.2. The van der Waals surface area contributed by atoms with Crippen LogP contribution in [0.25, 0.3) is 0 Å². The van der Waals surface area contributed by atoms with Crippen molar-refractivity contribution in [1.82, 2.24) is 9.97 Å². The van der Waals surface area contributed by atoms with Crippen LogP contribution in [-0.2, 0) is 4.79 Å². The zero-order chi connectivity index (χ0) is 22.0. The molecule has 0 radical (unpaired) electrons. The van der Waals surface area contributed by atoms with Gasteiger partial charge in [0.05, 0.1) is 7.11 Å². The van der Waals surface area contributed by atoms with E-state index < -0.39 is 29.4 Å². The Bertz CT molecular complexity index is 1100. The number of carbonyl (C=O) groups is 2. The quantitative estimate of drug-likeness (QED) is 0.549. The van der Waals surface area contributed by atoms with Gasteiger partial charge in [-0.15, -0.1) is 0 Å². The second-order valence-electron chi connectivity index (χ2n) is 6.18. The van der Waals surface area contributed by atoms with Gasteiger partial charge in [-0.05, 0) is 25.1 Å². The van der Waals surface area contributed by atoms with Crippen LogP contribution in [0.3, 0.4) is 0 Å². The summed E-state index contributed by atoms with van der Waals surface area (Å²) in [5.41, 5.74) is 11.7.